The number of carbonyl (C=O) groups is 2. The second-order valence-electron chi connectivity index (χ2n) is 8.57. The number of nitrogens with zero attached hydrogens (tertiary/aromatic N) is 1. The third-order valence-electron chi connectivity index (χ3n) is 6.51. The average Bonchev–Trinajstić information content (AvgIpc) is 2.95. The molecule has 2 atom stereocenters. The first kappa shape index (κ1) is 22.8. The Morgan fingerprint density at radius 3 is 2.76 bits per heavy atom. The van der Waals surface area contributed by atoms with Crippen LogP contribution >= 0.6 is 0 Å². The molecule has 0 aromatic heterocycles. The molecule has 0 bridgehead atoms. The van der Waals surface area contributed by atoms with Gasteiger partial charge in [-0.1, -0.05) is 44.2 Å². The van der Waals surface area contributed by atoms with Crippen molar-refractivity contribution in [2.75, 3.05) is 12.0 Å². The minimum absolute atomic E-state index is 0.111. The molecule has 4 rings (SSSR count). The van der Waals surface area contributed by atoms with Crippen LogP contribution in [0.5, 0.6) is 5.75 Å². The third-order valence-corrected chi connectivity index (χ3v) is 6.51. The normalized spacial score (nSPS) is 16.8. The molecule has 1 heterocycles. The predicted molar refractivity (Wildman–Crippen MR) is 128 cm³/mol. The Hall–Kier alpha value is -3.41. The van der Waals surface area contributed by atoms with Crippen LogP contribution in [0.25, 0.3) is 10.8 Å². The summed E-state index contributed by atoms with van der Waals surface area (Å²) in [6.45, 7) is 4.07. The quantitative estimate of drug-likeness (QED) is 0.578. The topological polar surface area (TPSA) is 58.6 Å². The van der Waals surface area contributed by atoms with Gasteiger partial charge in [0.2, 0.25) is 11.8 Å². The fraction of sp³-hybridized carbons (Fsp3) is 0.333. The molecule has 5 nitrogen and oxygen atoms in total. The van der Waals surface area contributed by atoms with Gasteiger partial charge >= 0.3 is 0 Å². The molecule has 6 heteroatoms. The van der Waals surface area contributed by atoms with Gasteiger partial charge in [-0.05, 0) is 59.9 Å². The van der Waals surface area contributed by atoms with Crippen LogP contribution < -0.4 is 15.0 Å². The van der Waals surface area contributed by atoms with Crippen LogP contribution in [-0.4, -0.2) is 25.0 Å². The summed E-state index contributed by atoms with van der Waals surface area (Å²) in [5.74, 6) is -0.117. The van der Waals surface area contributed by atoms with E-state index in [1.807, 2.05) is 44.2 Å². The second kappa shape index (κ2) is 9.61. The first-order chi connectivity index (χ1) is 15.9. The minimum Gasteiger partial charge on any atom is -0.496 e. The van der Waals surface area contributed by atoms with Crippen LogP contribution in [-0.2, 0) is 22.6 Å². The lowest BCUT2D eigenvalue weighted by Gasteiger charge is -2.28. The lowest BCUT2D eigenvalue weighted by Crippen LogP contribution is -2.49. The van der Waals surface area contributed by atoms with Crippen LogP contribution in [0.2, 0.25) is 0 Å². The van der Waals surface area contributed by atoms with Gasteiger partial charge in [-0.2, -0.15) is 0 Å². The number of hydrogen-bond acceptors (Lipinski definition) is 3. The van der Waals surface area contributed by atoms with Crippen molar-refractivity contribution in [1.29, 1.82) is 0 Å². The van der Waals surface area contributed by atoms with Gasteiger partial charge < -0.3 is 15.0 Å². The van der Waals surface area contributed by atoms with Crippen molar-refractivity contribution in [3.05, 3.63) is 71.5 Å². The summed E-state index contributed by atoms with van der Waals surface area (Å²) >= 11 is 0. The Balaban J connectivity index is 1.77. The monoisotopic (exact) mass is 448 g/mol. The molecule has 2 amide bonds. The molecule has 0 fully saturated rings. The number of ether oxygens (including phenoxy) is 1. The summed E-state index contributed by atoms with van der Waals surface area (Å²) in [7, 11) is 1.58. The van der Waals surface area contributed by atoms with E-state index in [4.69, 9.17) is 4.74 Å². The first-order valence-corrected chi connectivity index (χ1v) is 11.4. The molecule has 3 aromatic rings. The van der Waals surface area contributed by atoms with Crippen molar-refractivity contribution in [1.82, 2.24) is 5.32 Å². The molecule has 33 heavy (non-hydrogen) atoms. The Bertz CT molecular complexity index is 1190. The highest BCUT2D eigenvalue weighted by Crippen LogP contribution is 2.34. The van der Waals surface area contributed by atoms with Crippen LogP contribution in [0.3, 0.4) is 0 Å². The molecular weight excluding hydrogens is 419 g/mol. The summed E-state index contributed by atoms with van der Waals surface area (Å²) in [6, 6.07) is 15.4. The van der Waals surface area contributed by atoms with E-state index < -0.39 is 6.04 Å². The van der Waals surface area contributed by atoms with E-state index in [0.29, 0.717) is 25.0 Å². The van der Waals surface area contributed by atoms with Crippen molar-refractivity contribution in [2.45, 2.75) is 45.7 Å². The van der Waals surface area contributed by atoms with Crippen LogP contribution in [0, 0.1) is 11.7 Å². The summed E-state index contributed by atoms with van der Waals surface area (Å²) in [5, 5.41) is 4.54. The van der Waals surface area contributed by atoms with Gasteiger partial charge in [-0.3, -0.25) is 9.59 Å². The van der Waals surface area contributed by atoms with E-state index in [-0.39, 0.29) is 30.1 Å². The van der Waals surface area contributed by atoms with Gasteiger partial charge in [-0.15, -0.1) is 0 Å². The Morgan fingerprint density at radius 1 is 1.21 bits per heavy atom. The van der Waals surface area contributed by atoms with Crippen molar-refractivity contribution in [3.63, 3.8) is 0 Å². The predicted octanol–water partition coefficient (Wildman–Crippen LogP) is 5.00. The maximum atomic E-state index is 13.9. The summed E-state index contributed by atoms with van der Waals surface area (Å²) in [4.78, 5) is 28.1. The van der Waals surface area contributed by atoms with E-state index in [0.717, 1.165) is 27.6 Å². The zero-order valence-corrected chi connectivity index (χ0v) is 19.2. The lowest BCUT2D eigenvalue weighted by atomic mass is 10.0. The number of methoxy groups -OCH3 is 1. The molecule has 0 radical (unpaired) electrons. The highest BCUT2D eigenvalue weighted by Gasteiger charge is 2.32. The molecule has 0 unspecified atom stereocenters. The number of halogens is 1. The van der Waals surface area contributed by atoms with Crippen LogP contribution in [0.4, 0.5) is 10.1 Å². The second-order valence-corrected chi connectivity index (χ2v) is 8.57. The number of aryl methyl sites for hydroxylation is 1. The highest BCUT2D eigenvalue weighted by atomic mass is 19.1. The molecule has 0 saturated heterocycles. The molecule has 0 saturated carbocycles. The lowest BCUT2D eigenvalue weighted by molar-refractivity contribution is -0.129. The van der Waals surface area contributed by atoms with E-state index >= 15 is 0 Å². The summed E-state index contributed by atoms with van der Waals surface area (Å²) in [6.07, 6.45) is 1.93. The Kier molecular flexibility index (Phi) is 6.63. The smallest absolute Gasteiger partial charge is 0.249 e. The van der Waals surface area contributed by atoms with Gasteiger partial charge in [0.25, 0.3) is 0 Å². The van der Waals surface area contributed by atoms with Gasteiger partial charge in [0.15, 0.2) is 0 Å². The average molecular weight is 449 g/mol. The van der Waals surface area contributed by atoms with Crippen molar-refractivity contribution >= 4 is 28.3 Å². The van der Waals surface area contributed by atoms with Crippen molar-refractivity contribution in [3.8, 4) is 5.75 Å². The van der Waals surface area contributed by atoms with E-state index in [9.17, 15) is 14.0 Å². The number of amides is 2. The van der Waals surface area contributed by atoms with E-state index in [1.165, 1.54) is 12.1 Å². The highest BCUT2D eigenvalue weighted by molar-refractivity contribution is 6.01. The van der Waals surface area contributed by atoms with E-state index in [2.05, 4.69) is 5.32 Å². The number of nitrogens with one attached hydrogen (secondary N) is 1. The number of rotatable bonds is 6. The first-order valence-electron chi connectivity index (χ1n) is 11.4. The zero-order chi connectivity index (χ0) is 23.5. The number of hydrogen-bond donors (Lipinski definition) is 1. The van der Waals surface area contributed by atoms with Gasteiger partial charge in [0.1, 0.15) is 17.6 Å². The minimum atomic E-state index is -0.614. The number of carbonyl (C=O) groups excluding carboxylic acids is 2. The third kappa shape index (κ3) is 4.56. The maximum Gasteiger partial charge on any atom is 0.249 e. The van der Waals surface area contributed by atoms with Gasteiger partial charge in [-0.25, -0.2) is 4.39 Å². The molecule has 0 spiro atoms. The van der Waals surface area contributed by atoms with Crippen LogP contribution in [0.15, 0.2) is 54.6 Å². The summed E-state index contributed by atoms with van der Waals surface area (Å²) in [5.41, 5.74) is 2.67. The molecule has 0 aliphatic carbocycles. The molecule has 3 aromatic carbocycles. The largest absolute Gasteiger partial charge is 0.496 e. The van der Waals surface area contributed by atoms with Gasteiger partial charge in [0, 0.05) is 17.2 Å². The SMILES string of the molecule is CC[C@@H](C)C(=O)N[C@H]1CCc2ccccc2N(Cc2c(OC)ccc3cc(F)ccc23)C1=O. The number of para-hydroxylation sites is 1. The molecular formula is C27H29FN2O3. The zero-order valence-electron chi connectivity index (χ0n) is 19.2. The number of fused-ring (bicyclic) bond motifs is 2. The molecule has 1 N–H and O–H groups in total. The van der Waals surface area contributed by atoms with Crippen molar-refractivity contribution in [2.24, 2.45) is 5.92 Å². The Morgan fingerprint density at radius 2 is 2.00 bits per heavy atom. The van der Waals surface area contributed by atoms with E-state index in [1.54, 1.807) is 24.1 Å². The van der Waals surface area contributed by atoms with Crippen LogP contribution in [0.1, 0.15) is 37.8 Å². The Labute approximate surface area is 193 Å². The fourth-order valence-corrected chi connectivity index (χ4v) is 4.37. The fourth-order valence-electron chi connectivity index (χ4n) is 4.37. The number of benzene rings is 3. The molecule has 1 aliphatic heterocycles. The molecule has 1 aliphatic rings. The van der Waals surface area contributed by atoms with Crippen molar-refractivity contribution < 1.29 is 18.7 Å². The number of anilines is 1. The maximum absolute atomic E-state index is 13.9. The molecule has 172 valence electrons. The summed E-state index contributed by atoms with van der Waals surface area (Å²) < 4.78 is 19.5. The van der Waals surface area contributed by atoms with Gasteiger partial charge in [0.05, 0.1) is 13.7 Å². The standard InChI is InChI=1S/C27H29FN2O3/c1-4-17(2)26(31)29-23-13-9-18-7-5-6-8-24(18)30(27(23)32)16-22-21-12-11-20(28)15-19(21)10-14-25(22)33-3/h5-8,10-12,14-15,17,23H,4,9,13,16H2,1-3H3,(H,29,31)/t17-,23+/m1/s1.